The lowest BCUT2D eigenvalue weighted by Gasteiger charge is -2.19. The predicted octanol–water partition coefficient (Wildman–Crippen LogP) is 2.34. The first kappa shape index (κ1) is 14.2. The number of ether oxygens (including phenoxy) is 1. The van der Waals surface area contributed by atoms with Crippen molar-refractivity contribution in [3.05, 3.63) is 45.7 Å². The highest BCUT2D eigenvalue weighted by atomic mass is 79.9. The molecule has 0 radical (unpaired) electrons. The van der Waals surface area contributed by atoms with Gasteiger partial charge in [0.2, 0.25) is 0 Å². The zero-order valence-electron chi connectivity index (χ0n) is 11.5. The molecule has 1 aliphatic rings. The van der Waals surface area contributed by atoms with Crippen molar-refractivity contribution >= 4 is 21.9 Å². The van der Waals surface area contributed by atoms with Crippen LogP contribution in [-0.4, -0.2) is 29.6 Å². The fourth-order valence-corrected chi connectivity index (χ4v) is 2.78. The van der Waals surface area contributed by atoms with Crippen molar-refractivity contribution in [3.8, 4) is 11.4 Å². The Morgan fingerprint density at radius 3 is 3.00 bits per heavy atom. The van der Waals surface area contributed by atoms with Crippen molar-refractivity contribution < 1.29 is 9.53 Å². The molecule has 0 bridgehead atoms. The summed E-state index contributed by atoms with van der Waals surface area (Å²) in [5, 5.41) is 3.26. The first-order valence-electron chi connectivity index (χ1n) is 6.64. The number of carbonyl (C=O) groups excluding carboxylic acids is 1. The number of nitrogens with zero attached hydrogens (tertiary/aromatic N) is 2. The van der Waals surface area contributed by atoms with Crippen LogP contribution in [0.2, 0.25) is 0 Å². The van der Waals surface area contributed by atoms with E-state index in [0.717, 1.165) is 34.3 Å². The Bertz CT molecular complexity index is 703. The quantitative estimate of drug-likeness (QED) is 0.844. The highest BCUT2D eigenvalue weighted by molar-refractivity contribution is 9.10. The topological polar surface area (TPSA) is 64.1 Å². The van der Waals surface area contributed by atoms with Gasteiger partial charge in [-0.1, -0.05) is 28.1 Å². The van der Waals surface area contributed by atoms with Gasteiger partial charge in [-0.3, -0.25) is 0 Å². The fourth-order valence-electron chi connectivity index (χ4n) is 2.38. The number of carbonyl (C=O) groups is 1. The molecule has 1 aromatic heterocycles. The molecule has 108 valence electrons. The van der Waals surface area contributed by atoms with Crippen LogP contribution in [0.5, 0.6) is 0 Å². The summed E-state index contributed by atoms with van der Waals surface area (Å²) in [6, 6.07) is 7.70. The Balaban J connectivity index is 2.16. The Morgan fingerprint density at radius 1 is 1.38 bits per heavy atom. The second-order valence-electron chi connectivity index (χ2n) is 4.75. The summed E-state index contributed by atoms with van der Waals surface area (Å²) in [6.45, 7) is 1.46. The lowest BCUT2D eigenvalue weighted by Crippen LogP contribution is -2.28. The Morgan fingerprint density at radius 2 is 2.24 bits per heavy atom. The number of benzene rings is 1. The molecule has 0 saturated heterocycles. The standard InChI is InChI=1S/C15H14BrN3O2/c1-21-15(20)13-11-5-6-17-8-12(11)18-14(19-13)9-3-2-4-10(16)7-9/h2-4,7,17H,5-6,8H2,1H3. The average Bonchev–Trinajstić information content (AvgIpc) is 2.53. The van der Waals surface area contributed by atoms with Crippen molar-refractivity contribution in [2.45, 2.75) is 13.0 Å². The highest BCUT2D eigenvalue weighted by Gasteiger charge is 2.22. The van der Waals surface area contributed by atoms with Crippen LogP contribution in [-0.2, 0) is 17.7 Å². The predicted molar refractivity (Wildman–Crippen MR) is 81.9 cm³/mol. The number of aromatic nitrogens is 2. The van der Waals surface area contributed by atoms with Gasteiger partial charge in [-0.25, -0.2) is 14.8 Å². The molecule has 2 aromatic rings. The normalized spacial score (nSPS) is 13.6. The van der Waals surface area contributed by atoms with Gasteiger partial charge >= 0.3 is 5.97 Å². The molecule has 1 aliphatic heterocycles. The summed E-state index contributed by atoms with van der Waals surface area (Å²) in [5.41, 5.74) is 2.99. The minimum atomic E-state index is -0.410. The maximum absolute atomic E-state index is 12.0. The Kier molecular flexibility index (Phi) is 3.98. The Labute approximate surface area is 130 Å². The second-order valence-corrected chi connectivity index (χ2v) is 5.67. The van der Waals surface area contributed by atoms with Gasteiger partial charge in [0.25, 0.3) is 0 Å². The molecule has 0 unspecified atom stereocenters. The van der Waals surface area contributed by atoms with Crippen LogP contribution < -0.4 is 5.32 Å². The first-order chi connectivity index (χ1) is 10.2. The molecule has 0 amide bonds. The number of methoxy groups -OCH3 is 1. The molecule has 3 rings (SSSR count). The van der Waals surface area contributed by atoms with Gasteiger partial charge in [0.05, 0.1) is 12.8 Å². The zero-order valence-corrected chi connectivity index (χ0v) is 13.1. The molecule has 0 saturated carbocycles. The second kappa shape index (κ2) is 5.91. The summed E-state index contributed by atoms with van der Waals surface area (Å²) >= 11 is 3.44. The third-order valence-corrected chi connectivity index (χ3v) is 3.89. The monoisotopic (exact) mass is 347 g/mol. The number of hydrogen-bond donors (Lipinski definition) is 1. The highest BCUT2D eigenvalue weighted by Crippen LogP contribution is 2.24. The number of hydrogen-bond acceptors (Lipinski definition) is 5. The molecule has 2 heterocycles. The van der Waals surface area contributed by atoms with Crippen molar-refractivity contribution in [2.24, 2.45) is 0 Å². The summed E-state index contributed by atoms with van der Waals surface area (Å²) in [5.74, 6) is 0.131. The minimum absolute atomic E-state index is 0.374. The van der Waals surface area contributed by atoms with E-state index in [4.69, 9.17) is 4.74 Å². The van der Waals surface area contributed by atoms with Crippen LogP contribution in [0, 0.1) is 0 Å². The van der Waals surface area contributed by atoms with Crippen molar-refractivity contribution in [3.63, 3.8) is 0 Å². The third-order valence-electron chi connectivity index (χ3n) is 3.40. The van der Waals surface area contributed by atoms with Crippen LogP contribution >= 0.6 is 15.9 Å². The number of fused-ring (bicyclic) bond motifs is 1. The van der Waals surface area contributed by atoms with Gasteiger partial charge < -0.3 is 10.1 Å². The summed E-state index contributed by atoms with van der Waals surface area (Å²) in [7, 11) is 1.37. The van der Waals surface area contributed by atoms with Crippen molar-refractivity contribution in [1.29, 1.82) is 0 Å². The van der Waals surface area contributed by atoms with E-state index in [9.17, 15) is 4.79 Å². The van der Waals surface area contributed by atoms with Crippen LogP contribution in [0.15, 0.2) is 28.7 Å². The summed E-state index contributed by atoms with van der Waals surface area (Å²) in [6.07, 6.45) is 0.735. The van der Waals surface area contributed by atoms with E-state index in [1.165, 1.54) is 7.11 Å². The van der Waals surface area contributed by atoms with Crippen molar-refractivity contribution in [1.82, 2.24) is 15.3 Å². The number of halogens is 1. The molecule has 1 aromatic carbocycles. The van der Waals surface area contributed by atoms with Gasteiger partial charge in [-0.15, -0.1) is 0 Å². The molecule has 0 spiro atoms. The zero-order chi connectivity index (χ0) is 14.8. The van der Waals surface area contributed by atoms with Gasteiger partial charge in [0, 0.05) is 22.1 Å². The third kappa shape index (κ3) is 2.82. The SMILES string of the molecule is COC(=O)c1nc(-c2cccc(Br)c2)nc2c1CCNC2. The van der Waals surface area contributed by atoms with E-state index in [0.29, 0.717) is 18.1 Å². The number of nitrogens with one attached hydrogen (secondary N) is 1. The number of rotatable bonds is 2. The van der Waals surface area contributed by atoms with Gasteiger partial charge in [0.15, 0.2) is 11.5 Å². The average molecular weight is 348 g/mol. The largest absolute Gasteiger partial charge is 0.464 e. The lowest BCUT2D eigenvalue weighted by molar-refractivity contribution is 0.0592. The molecule has 0 aliphatic carbocycles. The van der Waals surface area contributed by atoms with E-state index in [-0.39, 0.29) is 0 Å². The Hall–Kier alpha value is -1.79. The smallest absolute Gasteiger partial charge is 0.357 e. The maximum atomic E-state index is 12.0. The molecular formula is C15H14BrN3O2. The van der Waals surface area contributed by atoms with Gasteiger partial charge in [0.1, 0.15) is 0 Å². The molecule has 5 nitrogen and oxygen atoms in total. The van der Waals surface area contributed by atoms with Gasteiger partial charge in [-0.2, -0.15) is 0 Å². The minimum Gasteiger partial charge on any atom is -0.464 e. The molecule has 1 N–H and O–H groups in total. The molecule has 0 fully saturated rings. The van der Waals surface area contributed by atoms with E-state index in [1.54, 1.807) is 0 Å². The van der Waals surface area contributed by atoms with E-state index < -0.39 is 5.97 Å². The van der Waals surface area contributed by atoms with Crippen molar-refractivity contribution in [2.75, 3.05) is 13.7 Å². The molecule has 0 atom stereocenters. The molecular weight excluding hydrogens is 334 g/mol. The van der Waals surface area contributed by atoms with Crippen LogP contribution in [0.3, 0.4) is 0 Å². The maximum Gasteiger partial charge on any atom is 0.357 e. The van der Waals surface area contributed by atoms with Crippen LogP contribution in [0.25, 0.3) is 11.4 Å². The summed E-state index contributed by atoms with van der Waals surface area (Å²) < 4.78 is 5.80. The lowest BCUT2D eigenvalue weighted by atomic mass is 10.0. The van der Waals surface area contributed by atoms with E-state index in [2.05, 4.69) is 31.2 Å². The van der Waals surface area contributed by atoms with Crippen LogP contribution in [0.4, 0.5) is 0 Å². The first-order valence-corrected chi connectivity index (χ1v) is 7.43. The summed E-state index contributed by atoms with van der Waals surface area (Å²) in [4.78, 5) is 21.0. The molecule has 6 heteroatoms. The fraction of sp³-hybridized carbons (Fsp3) is 0.267. The van der Waals surface area contributed by atoms with E-state index >= 15 is 0 Å². The van der Waals surface area contributed by atoms with Gasteiger partial charge in [-0.05, 0) is 25.1 Å². The number of esters is 1. The molecule has 21 heavy (non-hydrogen) atoms. The van der Waals surface area contributed by atoms with E-state index in [1.807, 2.05) is 24.3 Å². The van der Waals surface area contributed by atoms with Crippen LogP contribution in [0.1, 0.15) is 21.7 Å².